The molecule has 30 heavy (non-hydrogen) atoms. The minimum Gasteiger partial charge on any atom is -0.497 e. The molecule has 3 N–H and O–H groups in total. The Hall–Kier alpha value is -3.75. The Morgan fingerprint density at radius 1 is 1.13 bits per heavy atom. The van der Waals surface area contributed by atoms with Crippen LogP contribution in [0.3, 0.4) is 0 Å². The summed E-state index contributed by atoms with van der Waals surface area (Å²) in [7, 11) is 1.47. The summed E-state index contributed by atoms with van der Waals surface area (Å²) in [6.45, 7) is 0. The first-order chi connectivity index (χ1) is 14.3. The van der Waals surface area contributed by atoms with Gasteiger partial charge in [-0.3, -0.25) is 9.59 Å². The van der Waals surface area contributed by atoms with Gasteiger partial charge in [0.2, 0.25) is 11.8 Å². The van der Waals surface area contributed by atoms with Gasteiger partial charge in [0, 0.05) is 23.9 Å². The summed E-state index contributed by atoms with van der Waals surface area (Å²) in [5, 5.41) is 3.02. The van der Waals surface area contributed by atoms with E-state index < -0.39 is 35.1 Å². The van der Waals surface area contributed by atoms with Gasteiger partial charge in [0.05, 0.1) is 13.5 Å². The Kier molecular flexibility index (Phi) is 6.10. The summed E-state index contributed by atoms with van der Waals surface area (Å²) in [6.07, 6.45) is -0.344. The number of carbonyl (C=O) groups is 2. The molecule has 0 aliphatic carbocycles. The fourth-order valence-corrected chi connectivity index (χ4v) is 3.03. The molecular weight excluding hydrogens is 398 g/mol. The van der Waals surface area contributed by atoms with Crippen molar-refractivity contribution in [1.82, 2.24) is 5.32 Å². The number of hydrogen-bond donors (Lipinski definition) is 2. The van der Waals surface area contributed by atoms with Crippen molar-refractivity contribution in [2.24, 2.45) is 5.73 Å². The molecule has 0 bridgehead atoms. The van der Waals surface area contributed by atoms with Crippen molar-refractivity contribution in [3.8, 4) is 5.75 Å². The smallest absolute Gasteiger partial charge is 0.336 e. The van der Waals surface area contributed by atoms with Crippen molar-refractivity contribution in [3.05, 3.63) is 75.6 Å². The van der Waals surface area contributed by atoms with Gasteiger partial charge >= 0.3 is 5.63 Å². The minimum atomic E-state index is -1.13. The van der Waals surface area contributed by atoms with Crippen LogP contribution < -0.4 is 21.4 Å². The van der Waals surface area contributed by atoms with Crippen LogP contribution in [0.1, 0.15) is 11.1 Å². The zero-order chi connectivity index (χ0) is 21.8. The Balaban J connectivity index is 1.82. The number of halogens is 2. The van der Waals surface area contributed by atoms with Crippen LogP contribution in [0.25, 0.3) is 11.0 Å². The van der Waals surface area contributed by atoms with E-state index in [1.54, 1.807) is 12.1 Å². The van der Waals surface area contributed by atoms with E-state index in [1.165, 1.54) is 25.3 Å². The third kappa shape index (κ3) is 4.80. The summed E-state index contributed by atoms with van der Waals surface area (Å²) < 4.78 is 36.6. The molecule has 0 fully saturated rings. The standard InChI is InChI=1S/C21H18F2N2O5/c1-29-13-3-4-14-12(9-20(27)30-18(14)10-13)8-17(21(24)28)25-19(26)7-11-2-5-15(22)16(23)6-11/h2-6,9-10,17H,7-8H2,1H3,(H2,24,28)(H,25,26)/t17-/m1/s1. The van der Waals surface area contributed by atoms with E-state index in [2.05, 4.69) is 5.32 Å². The second kappa shape index (κ2) is 8.73. The summed E-state index contributed by atoms with van der Waals surface area (Å²) in [5.41, 5.74) is 5.71. The number of nitrogens with one attached hydrogen (secondary N) is 1. The monoisotopic (exact) mass is 416 g/mol. The Labute approximate surface area is 169 Å². The van der Waals surface area contributed by atoms with Gasteiger partial charge < -0.3 is 20.2 Å². The van der Waals surface area contributed by atoms with E-state index in [4.69, 9.17) is 14.9 Å². The summed E-state index contributed by atoms with van der Waals surface area (Å²) >= 11 is 0. The lowest BCUT2D eigenvalue weighted by molar-refractivity contribution is -0.126. The fraction of sp³-hybridized carbons (Fsp3) is 0.190. The van der Waals surface area contributed by atoms with E-state index >= 15 is 0 Å². The first-order valence-electron chi connectivity index (χ1n) is 8.90. The first kappa shape index (κ1) is 21.0. The van der Waals surface area contributed by atoms with Crippen molar-refractivity contribution in [2.75, 3.05) is 7.11 Å². The molecule has 3 aromatic rings. The van der Waals surface area contributed by atoms with Crippen LogP contribution in [0.2, 0.25) is 0 Å². The molecule has 1 aromatic heterocycles. The van der Waals surface area contributed by atoms with Crippen molar-refractivity contribution in [2.45, 2.75) is 18.9 Å². The molecule has 156 valence electrons. The Morgan fingerprint density at radius 2 is 1.90 bits per heavy atom. The van der Waals surface area contributed by atoms with Crippen LogP contribution in [-0.4, -0.2) is 25.0 Å². The van der Waals surface area contributed by atoms with Gasteiger partial charge in [-0.2, -0.15) is 0 Å². The van der Waals surface area contributed by atoms with Gasteiger partial charge in [0.25, 0.3) is 0 Å². The maximum atomic E-state index is 13.3. The molecule has 1 heterocycles. The van der Waals surface area contributed by atoms with Crippen LogP contribution in [-0.2, 0) is 22.4 Å². The number of methoxy groups -OCH3 is 1. The quantitative estimate of drug-likeness (QED) is 0.571. The lowest BCUT2D eigenvalue weighted by atomic mass is 10.0. The van der Waals surface area contributed by atoms with Gasteiger partial charge in [0.15, 0.2) is 11.6 Å². The Bertz CT molecular complexity index is 1180. The highest BCUT2D eigenvalue weighted by Crippen LogP contribution is 2.23. The number of hydrogen-bond acceptors (Lipinski definition) is 5. The normalized spacial score (nSPS) is 11.8. The molecule has 2 aromatic carbocycles. The average Bonchev–Trinajstić information content (AvgIpc) is 2.69. The number of primary amides is 1. The van der Waals surface area contributed by atoms with Crippen LogP contribution in [0.4, 0.5) is 8.78 Å². The predicted octanol–water partition coefficient (Wildman–Crippen LogP) is 1.84. The molecular formula is C21H18F2N2O5. The summed E-state index contributed by atoms with van der Waals surface area (Å²) in [6, 6.07) is 8.01. The number of amides is 2. The average molecular weight is 416 g/mol. The highest BCUT2D eigenvalue weighted by Gasteiger charge is 2.21. The lowest BCUT2D eigenvalue weighted by Gasteiger charge is -2.16. The number of benzene rings is 2. The van der Waals surface area contributed by atoms with E-state index in [0.29, 0.717) is 16.7 Å². The molecule has 1 atom stereocenters. The van der Waals surface area contributed by atoms with Crippen LogP contribution in [0, 0.1) is 11.6 Å². The number of fused-ring (bicyclic) bond motifs is 1. The number of carbonyl (C=O) groups excluding carboxylic acids is 2. The third-order valence-corrected chi connectivity index (χ3v) is 4.49. The molecule has 0 unspecified atom stereocenters. The molecule has 0 spiro atoms. The highest BCUT2D eigenvalue weighted by atomic mass is 19.2. The number of nitrogens with two attached hydrogens (primary N) is 1. The molecule has 3 rings (SSSR count). The maximum absolute atomic E-state index is 13.3. The molecule has 0 saturated carbocycles. The van der Waals surface area contributed by atoms with E-state index in [9.17, 15) is 23.2 Å². The first-order valence-corrected chi connectivity index (χ1v) is 8.90. The topological polar surface area (TPSA) is 112 Å². The molecule has 0 radical (unpaired) electrons. The highest BCUT2D eigenvalue weighted by molar-refractivity contribution is 5.89. The molecule has 7 nitrogen and oxygen atoms in total. The fourth-order valence-electron chi connectivity index (χ4n) is 3.03. The second-order valence-electron chi connectivity index (χ2n) is 6.60. The Morgan fingerprint density at radius 3 is 2.57 bits per heavy atom. The maximum Gasteiger partial charge on any atom is 0.336 e. The predicted molar refractivity (Wildman–Crippen MR) is 104 cm³/mol. The summed E-state index contributed by atoms with van der Waals surface area (Å²) in [5.74, 6) is -3.05. The zero-order valence-corrected chi connectivity index (χ0v) is 15.9. The van der Waals surface area contributed by atoms with Crippen molar-refractivity contribution >= 4 is 22.8 Å². The van der Waals surface area contributed by atoms with Crippen molar-refractivity contribution < 1.29 is 27.5 Å². The number of rotatable bonds is 7. The third-order valence-electron chi connectivity index (χ3n) is 4.49. The van der Waals surface area contributed by atoms with Gasteiger partial charge in [-0.15, -0.1) is 0 Å². The van der Waals surface area contributed by atoms with Crippen molar-refractivity contribution in [1.29, 1.82) is 0 Å². The second-order valence-corrected chi connectivity index (χ2v) is 6.60. The van der Waals surface area contributed by atoms with E-state index in [0.717, 1.165) is 12.1 Å². The molecule has 2 amide bonds. The van der Waals surface area contributed by atoms with E-state index in [-0.39, 0.29) is 24.0 Å². The van der Waals surface area contributed by atoms with Gasteiger partial charge in [-0.1, -0.05) is 6.07 Å². The molecule has 0 aliphatic rings. The molecule has 0 aliphatic heterocycles. The van der Waals surface area contributed by atoms with Crippen LogP contribution >= 0.6 is 0 Å². The lowest BCUT2D eigenvalue weighted by Crippen LogP contribution is -2.46. The van der Waals surface area contributed by atoms with Crippen LogP contribution in [0.15, 0.2) is 51.7 Å². The largest absolute Gasteiger partial charge is 0.497 e. The SMILES string of the molecule is COc1ccc2c(C[C@@H](NC(=O)Cc3ccc(F)c(F)c3)C(N)=O)cc(=O)oc2c1. The van der Waals surface area contributed by atoms with Gasteiger partial charge in [-0.05, 0) is 35.4 Å². The molecule has 9 heteroatoms. The van der Waals surface area contributed by atoms with Gasteiger partial charge in [-0.25, -0.2) is 13.6 Å². The zero-order valence-electron chi connectivity index (χ0n) is 15.9. The van der Waals surface area contributed by atoms with Crippen molar-refractivity contribution in [3.63, 3.8) is 0 Å². The minimum absolute atomic E-state index is 0.0622. The molecule has 0 saturated heterocycles. The van der Waals surface area contributed by atoms with Crippen LogP contribution in [0.5, 0.6) is 5.75 Å². The summed E-state index contributed by atoms with van der Waals surface area (Å²) in [4.78, 5) is 36.1. The van der Waals surface area contributed by atoms with Gasteiger partial charge in [0.1, 0.15) is 17.4 Å². The van der Waals surface area contributed by atoms with E-state index in [1.807, 2.05) is 0 Å². The number of ether oxygens (including phenoxy) is 1.